The number of benzene rings is 1. The normalized spacial score (nSPS) is 23.6. The van der Waals surface area contributed by atoms with Crippen molar-refractivity contribution in [3.8, 4) is 5.75 Å². The van der Waals surface area contributed by atoms with Crippen LogP contribution in [-0.4, -0.2) is 18.4 Å². The van der Waals surface area contributed by atoms with E-state index in [0.717, 1.165) is 17.1 Å². The molecule has 0 atom stereocenters. The van der Waals surface area contributed by atoms with Crippen molar-refractivity contribution in [2.45, 2.75) is 75.5 Å². The van der Waals surface area contributed by atoms with Crippen molar-refractivity contribution in [3.05, 3.63) is 92.8 Å². The molecule has 1 nitrogen and oxygen atoms in total. The predicted molar refractivity (Wildman–Crippen MR) is 134 cm³/mol. The molecule has 0 aliphatic heterocycles. The minimum Gasteiger partial charge on any atom is -0.496 e. The van der Waals surface area contributed by atoms with Crippen LogP contribution in [0.2, 0.25) is 0 Å². The predicted octanol–water partition coefficient (Wildman–Crippen LogP) is 7.94. The Hall–Kier alpha value is -0.0305. The van der Waals surface area contributed by atoms with Crippen LogP contribution in [0.15, 0.2) is 24.3 Å². The Bertz CT molecular complexity index is 608. The summed E-state index contributed by atoms with van der Waals surface area (Å²) in [4.78, 5) is 0. The Morgan fingerprint density at radius 1 is 0.688 bits per heavy atom. The Morgan fingerprint density at radius 2 is 1.22 bits per heavy atom. The van der Waals surface area contributed by atoms with Gasteiger partial charge in [0.25, 0.3) is 0 Å². The third-order valence-electron chi connectivity index (χ3n) is 6.96. The molecular formula is C29H37FeOP+2. The van der Waals surface area contributed by atoms with E-state index < -0.39 is 0 Å². The summed E-state index contributed by atoms with van der Waals surface area (Å²) in [6.07, 6.45) is 31.6. The molecule has 0 heterocycles. The number of rotatable bonds is 5. The summed E-state index contributed by atoms with van der Waals surface area (Å²) in [5, 5.41) is 0. The molecule has 0 N–H and O–H groups in total. The molecule has 0 saturated heterocycles. The van der Waals surface area contributed by atoms with Crippen LogP contribution >= 0.6 is 7.92 Å². The van der Waals surface area contributed by atoms with E-state index in [4.69, 9.17) is 4.74 Å². The maximum Gasteiger partial charge on any atom is 2.00 e. The van der Waals surface area contributed by atoms with Gasteiger partial charge in [0.15, 0.2) is 0 Å². The minimum atomic E-state index is -0.0724. The third kappa shape index (κ3) is 6.99. The Kier molecular flexibility index (Phi) is 11.9. The van der Waals surface area contributed by atoms with Gasteiger partial charge in [0.05, 0.1) is 7.11 Å². The van der Waals surface area contributed by atoms with Gasteiger partial charge >= 0.3 is 17.1 Å². The van der Waals surface area contributed by atoms with E-state index in [-0.39, 0.29) is 25.0 Å². The van der Waals surface area contributed by atoms with Gasteiger partial charge in [-0.25, -0.2) is 0 Å². The first-order valence-corrected chi connectivity index (χ1v) is 13.7. The Labute approximate surface area is 210 Å². The van der Waals surface area contributed by atoms with Crippen LogP contribution in [0, 0.1) is 62.9 Å². The average Bonchev–Trinajstić information content (AvgIpc) is 3.57. The average molecular weight is 488 g/mol. The van der Waals surface area contributed by atoms with E-state index in [1.807, 2.05) is 32.1 Å². The Morgan fingerprint density at radius 3 is 1.75 bits per heavy atom. The largest absolute Gasteiger partial charge is 2.00 e. The summed E-state index contributed by atoms with van der Waals surface area (Å²) in [6.45, 7) is 0. The van der Waals surface area contributed by atoms with Crippen molar-refractivity contribution >= 4 is 7.92 Å². The van der Waals surface area contributed by atoms with E-state index in [9.17, 15) is 0 Å². The van der Waals surface area contributed by atoms with E-state index in [2.05, 4.69) is 43.5 Å². The van der Waals surface area contributed by atoms with Crippen LogP contribution in [0.25, 0.3) is 0 Å². The Balaban J connectivity index is 0.000000427. The van der Waals surface area contributed by atoms with E-state index in [0.29, 0.717) is 0 Å². The van der Waals surface area contributed by atoms with Gasteiger partial charge in [-0.15, -0.1) is 0 Å². The second kappa shape index (κ2) is 14.4. The third-order valence-corrected chi connectivity index (χ3v) is 10.5. The maximum atomic E-state index is 5.70. The summed E-state index contributed by atoms with van der Waals surface area (Å²) in [5.74, 6) is 2.46. The second-order valence-corrected chi connectivity index (χ2v) is 11.7. The standard InChI is InChI=1S/C24H32OP.C5H5.Fe/c1-25-23-17-9-8-15-21(23)22-16-10-18-24(22)26(19-11-4-2-5-12-19)20-13-6-3-7-14-20;1-2-4-5-3-1;/h8-10,15-20H,2-7,11-14H2,1H3;1-5H;/q;;+2. The molecule has 4 saturated carbocycles. The molecule has 4 aliphatic carbocycles. The summed E-state index contributed by atoms with van der Waals surface area (Å²) >= 11 is 0. The van der Waals surface area contributed by atoms with Gasteiger partial charge < -0.3 is 4.74 Å². The van der Waals surface area contributed by atoms with E-state index in [1.165, 1.54) is 75.7 Å². The van der Waals surface area contributed by atoms with Gasteiger partial charge in [-0.05, 0) is 94.4 Å². The summed E-state index contributed by atoms with van der Waals surface area (Å²) in [5.41, 5.74) is 4.84. The molecule has 0 unspecified atom stereocenters. The summed E-state index contributed by atoms with van der Waals surface area (Å²) in [6, 6.07) is 8.58. The fourth-order valence-electron chi connectivity index (χ4n) is 5.46. The molecule has 10 radical (unpaired) electrons. The first kappa shape index (κ1) is 26.6. The summed E-state index contributed by atoms with van der Waals surface area (Å²) in [7, 11) is 1.73. The first-order valence-electron chi connectivity index (χ1n) is 12.2. The van der Waals surface area contributed by atoms with E-state index in [1.54, 1.807) is 12.8 Å². The molecule has 170 valence electrons. The molecule has 32 heavy (non-hydrogen) atoms. The van der Waals surface area contributed by atoms with Gasteiger partial charge in [0.1, 0.15) is 5.75 Å². The quantitative estimate of drug-likeness (QED) is 0.302. The van der Waals surface area contributed by atoms with Crippen LogP contribution in [0.5, 0.6) is 5.75 Å². The van der Waals surface area contributed by atoms with E-state index >= 15 is 0 Å². The second-order valence-electron chi connectivity index (χ2n) is 8.98. The van der Waals surface area contributed by atoms with Gasteiger partial charge in [-0.2, -0.15) is 0 Å². The topological polar surface area (TPSA) is 9.23 Å². The minimum absolute atomic E-state index is 0. The fraction of sp³-hybridized carbons (Fsp3) is 0.448. The van der Waals surface area contributed by atoms with Crippen LogP contribution < -0.4 is 4.74 Å². The molecule has 0 bridgehead atoms. The molecule has 0 aromatic heterocycles. The smallest absolute Gasteiger partial charge is 0.496 e. The van der Waals surface area contributed by atoms with Crippen molar-refractivity contribution in [1.29, 1.82) is 0 Å². The van der Waals surface area contributed by atoms with Crippen molar-refractivity contribution in [2.24, 2.45) is 0 Å². The molecule has 3 heteroatoms. The number of hydrogen-bond donors (Lipinski definition) is 0. The van der Waals surface area contributed by atoms with Gasteiger partial charge in [0.2, 0.25) is 0 Å². The zero-order valence-corrected chi connectivity index (χ0v) is 21.4. The first-order chi connectivity index (χ1) is 15.4. The number of methoxy groups -OCH3 is 1. The van der Waals surface area contributed by atoms with Crippen molar-refractivity contribution < 1.29 is 21.8 Å². The molecule has 1 aromatic rings. The maximum absolute atomic E-state index is 5.70. The number of para-hydroxylation sites is 1. The molecule has 0 amide bonds. The molecule has 0 spiro atoms. The van der Waals surface area contributed by atoms with Crippen molar-refractivity contribution in [1.82, 2.24) is 0 Å². The SMILES string of the molecule is COc1ccccc1[C]1[CH][CH][CH][C]1P(C1CCCCC1)C1CCCCC1.[CH]1[CH][CH][CH][CH]1.[Fe+2]. The summed E-state index contributed by atoms with van der Waals surface area (Å²) < 4.78 is 5.70. The van der Waals surface area contributed by atoms with Crippen LogP contribution in [0.1, 0.15) is 69.8 Å². The van der Waals surface area contributed by atoms with Gasteiger partial charge in [-0.3, -0.25) is 0 Å². The van der Waals surface area contributed by atoms with Gasteiger partial charge in [-0.1, -0.05) is 64.6 Å². The molecule has 4 fully saturated rings. The monoisotopic (exact) mass is 488 g/mol. The fourth-order valence-corrected chi connectivity index (χ4v) is 9.42. The number of ether oxygens (including phenoxy) is 1. The van der Waals surface area contributed by atoms with Crippen molar-refractivity contribution in [2.75, 3.05) is 7.11 Å². The van der Waals surface area contributed by atoms with Crippen LogP contribution in [-0.2, 0) is 17.1 Å². The molecule has 1 aromatic carbocycles. The van der Waals surface area contributed by atoms with Crippen LogP contribution in [0.4, 0.5) is 0 Å². The number of hydrogen-bond acceptors (Lipinski definition) is 1. The zero-order valence-electron chi connectivity index (χ0n) is 19.4. The molecule has 5 rings (SSSR count). The molecule has 4 aliphatic rings. The molecular weight excluding hydrogens is 451 g/mol. The van der Waals surface area contributed by atoms with Gasteiger partial charge in [0, 0.05) is 17.1 Å². The van der Waals surface area contributed by atoms with Crippen molar-refractivity contribution in [3.63, 3.8) is 0 Å². The van der Waals surface area contributed by atoms with Crippen LogP contribution in [0.3, 0.4) is 0 Å². The zero-order chi connectivity index (χ0) is 21.3.